The highest BCUT2D eigenvalue weighted by Crippen LogP contribution is 2.15. The Bertz CT molecular complexity index is 1360. The maximum absolute atomic E-state index is 12.9. The predicted molar refractivity (Wildman–Crippen MR) is 316 cm³/mol. The minimum Gasteiger partial charge on any atom is -0.462 e. The molecule has 5 heteroatoms. The molecule has 414 valence electrons. The van der Waals surface area contributed by atoms with E-state index in [1.54, 1.807) is 0 Å². The maximum atomic E-state index is 12.9. The second kappa shape index (κ2) is 62.1. The van der Waals surface area contributed by atoms with E-state index in [0.717, 1.165) is 96.3 Å². The van der Waals surface area contributed by atoms with Crippen LogP contribution in [0.25, 0.3) is 0 Å². The lowest BCUT2D eigenvalue weighted by Gasteiger charge is -2.18. The molecule has 0 radical (unpaired) electrons. The van der Waals surface area contributed by atoms with Gasteiger partial charge in [0.15, 0.2) is 6.10 Å². The van der Waals surface area contributed by atoms with Crippen LogP contribution in [0, 0.1) is 0 Å². The van der Waals surface area contributed by atoms with E-state index in [-0.39, 0.29) is 25.2 Å². The summed E-state index contributed by atoms with van der Waals surface area (Å²) >= 11 is 0. The van der Waals surface area contributed by atoms with Crippen LogP contribution >= 0.6 is 0 Å². The summed E-state index contributed by atoms with van der Waals surface area (Å²) in [6, 6.07) is 0. The lowest BCUT2D eigenvalue weighted by molar-refractivity contribution is -0.163. The van der Waals surface area contributed by atoms with Gasteiger partial charge in [-0.3, -0.25) is 9.59 Å². The Hall–Kier alpha value is -3.18. The second-order valence-electron chi connectivity index (χ2n) is 20.2. The summed E-state index contributed by atoms with van der Waals surface area (Å²) in [5.74, 6) is -0.434. The smallest absolute Gasteiger partial charge is 0.306 e. The minimum absolute atomic E-state index is 0.0616. The van der Waals surface area contributed by atoms with Crippen LogP contribution in [0.5, 0.6) is 0 Å². The van der Waals surface area contributed by atoms with Gasteiger partial charge in [-0.25, -0.2) is 0 Å². The van der Waals surface area contributed by atoms with Gasteiger partial charge in [-0.2, -0.15) is 0 Å². The van der Waals surface area contributed by atoms with E-state index in [1.165, 1.54) is 161 Å². The van der Waals surface area contributed by atoms with Crippen molar-refractivity contribution in [1.29, 1.82) is 0 Å². The van der Waals surface area contributed by atoms with E-state index in [1.807, 2.05) is 0 Å². The molecule has 0 spiro atoms. The molecule has 0 aliphatic carbocycles. The number of unbranched alkanes of at least 4 members (excludes halogenated alkanes) is 29. The summed E-state index contributed by atoms with van der Waals surface area (Å²) in [6.07, 6.45) is 84.3. The third-order valence-corrected chi connectivity index (χ3v) is 13.1. The molecular formula is C67H116O5. The minimum atomic E-state index is -0.561. The van der Waals surface area contributed by atoms with Gasteiger partial charge in [0.2, 0.25) is 0 Å². The van der Waals surface area contributed by atoms with Gasteiger partial charge in [-0.15, -0.1) is 0 Å². The number of esters is 2. The summed E-state index contributed by atoms with van der Waals surface area (Å²) in [6.45, 7) is 7.66. The molecule has 0 aliphatic heterocycles. The number of ether oxygens (including phenoxy) is 3. The summed E-state index contributed by atoms with van der Waals surface area (Å²) < 4.78 is 17.5. The average Bonchev–Trinajstić information content (AvgIpc) is 3.38. The van der Waals surface area contributed by atoms with Crippen LogP contribution < -0.4 is 0 Å². The zero-order valence-electron chi connectivity index (χ0n) is 47.7. The zero-order chi connectivity index (χ0) is 52.0. The van der Waals surface area contributed by atoms with Gasteiger partial charge in [-0.05, 0) is 122 Å². The van der Waals surface area contributed by atoms with E-state index in [0.29, 0.717) is 19.4 Å². The van der Waals surface area contributed by atoms with Crippen molar-refractivity contribution in [1.82, 2.24) is 0 Å². The predicted octanol–water partition coefficient (Wildman–Crippen LogP) is 21.4. The van der Waals surface area contributed by atoms with Crippen molar-refractivity contribution >= 4 is 11.9 Å². The topological polar surface area (TPSA) is 61.8 Å². The molecule has 0 aromatic carbocycles. The molecule has 0 N–H and O–H groups in total. The molecule has 1 unspecified atom stereocenters. The molecule has 1 atom stereocenters. The molecule has 0 saturated carbocycles. The molecule has 0 saturated heterocycles. The van der Waals surface area contributed by atoms with Crippen molar-refractivity contribution in [3.63, 3.8) is 0 Å². The first-order valence-electron chi connectivity index (χ1n) is 30.8. The van der Waals surface area contributed by atoms with Crippen molar-refractivity contribution in [2.75, 3.05) is 19.8 Å². The van der Waals surface area contributed by atoms with Crippen LogP contribution in [0.1, 0.15) is 290 Å². The normalized spacial score (nSPS) is 12.9. The third-order valence-electron chi connectivity index (χ3n) is 13.1. The highest BCUT2D eigenvalue weighted by Gasteiger charge is 2.17. The van der Waals surface area contributed by atoms with Gasteiger partial charge in [0.1, 0.15) is 6.61 Å². The lowest BCUT2D eigenvalue weighted by Crippen LogP contribution is -2.30. The molecule has 0 fully saturated rings. The van der Waals surface area contributed by atoms with E-state index in [9.17, 15) is 9.59 Å². The number of carbonyl (C=O) groups excluding carboxylic acids is 2. The molecule has 0 rings (SSSR count). The van der Waals surface area contributed by atoms with E-state index in [2.05, 4.69) is 118 Å². The number of hydrogen-bond acceptors (Lipinski definition) is 5. The van der Waals surface area contributed by atoms with Gasteiger partial charge in [-0.1, -0.05) is 253 Å². The van der Waals surface area contributed by atoms with Crippen LogP contribution in [-0.4, -0.2) is 37.9 Å². The van der Waals surface area contributed by atoms with Crippen molar-refractivity contribution in [2.45, 2.75) is 297 Å². The molecule has 0 bridgehead atoms. The number of carbonyl (C=O) groups is 2. The van der Waals surface area contributed by atoms with E-state index >= 15 is 0 Å². The summed E-state index contributed by atoms with van der Waals surface area (Å²) in [5, 5.41) is 0. The molecule has 5 nitrogen and oxygen atoms in total. The summed E-state index contributed by atoms with van der Waals surface area (Å²) in [4.78, 5) is 25.6. The van der Waals surface area contributed by atoms with Crippen molar-refractivity contribution < 1.29 is 23.8 Å². The zero-order valence-corrected chi connectivity index (χ0v) is 47.7. The number of rotatable bonds is 56. The fourth-order valence-corrected chi connectivity index (χ4v) is 8.50. The number of hydrogen-bond donors (Lipinski definition) is 0. The largest absolute Gasteiger partial charge is 0.462 e. The number of allylic oxidation sites excluding steroid dienone is 16. The Labute approximate surface area is 447 Å². The van der Waals surface area contributed by atoms with Crippen molar-refractivity contribution in [3.05, 3.63) is 97.2 Å². The van der Waals surface area contributed by atoms with Gasteiger partial charge in [0.05, 0.1) is 6.61 Å². The monoisotopic (exact) mass is 1000 g/mol. The second-order valence-corrected chi connectivity index (χ2v) is 20.2. The Kier molecular flexibility index (Phi) is 59.4. The van der Waals surface area contributed by atoms with Crippen LogP contribution in [0.2, 0.25) is 0 Å². The SMILES string of the molecule is CC/C=C\C/C=C\C/C=C\C/C=C\C/C=C\CCCCCC(=O)OCC(COCCCCCCCCCC/C=C\C/C=C\CCCCC)OC(=O)CCCCCCCCCCC/C=C\CCCCCCCC. The fraction of sp³-hybridized carbons (Fsp3) is 0.731. The fourth-order valence-electron chi connectivity index (χ4n) is 8.50. The van der Waals surface area contributed by atoms with Gasteiger partial charge in [0.25, 0.3) is 0 Å². The van der Waals surface area contributed by atoms with Crippen LogP contribution in [-0.2, 0) is 23.8 Å². The molecular weight excluding hydrogens is 885 g/mol. The Morgan fingerprint density at radius 3 is 1.06 bits per heavy atom. The molecule has 0 heterocycles. The molecule has 0 aliphatic rings. The summed E-state index contributed by atoms with van der Waals surface area (Å²) in [5.41, 5.74) is 0. The first-order valence-corrected chi connectivity index (χ1v) is 30.8. The Morgan fingerprint density at radius 2 is 0.625 bits per heavy atom. The third kappa shape index (κ3) is 59.4. The molecule has 0 amide bonds. The average molecular weight is 1000 g/mol. The van der Waals surface area contributed by atoms with Crippen LogP contribution in [0.4, 0.5) is 0 Å². The highest BCUT2D eigenvalue weighted by molar-refractivity contribution is 5.70. The van der Waals surface area contributed by atoms with Crippen LogP contribution in [0.15, 0.2) is 97.2 Å². The highest BCUT2D eigenvalue weighted by atomic mass is 16.6. The van der Waals surface area contributed by atoms with Crippen LogP contribution in [0.3, 0.4) is 0 Å². The van der Waals surface area contributed by atoms with Gasteiger partial charge < -0.3 is 14.2 Å². The van der Waals surface area contributed by atoms with E-state index in [4.69, 9.17) is 14.2 Å². The molecule has 72 heavy (non-hydrogen) atoms. The quantitative estimate of drug-likeness (QED) is 0.0345. The molecule has 0 aromatic rings. The van der Waals surface area contributed by atoms with Crippen molar-refractivity contribution in [3.8, 4) is 0 Å². The van der Waals surface area contributed by atoms with Gasteiger partial charge >= 0.3 is 11.9 Å². The standard InChI is InChI=1S/C67H116O5/c1-4-7-10-13-16-19-22-25-28-31-34-36-39-42-45-48-51-54-57-60-66(68)71-64-65(63-70-62-59-56-53-50-47-44-41-38-33-30-27-24-21-18-15-12-9-6-3)72-67(69)61-58-55-52-49-46-43-40-37-35-32-29-26-23-20-17-14-11-8-5-2/h7,10,16,18-19,21,25-30,34,36,42,45,65H,4-6,8-9,11-15,17,20,22-24,31-33,35,37-41,43-44,46-64H2,1-3H3/b10-7-,19-16-,21-18-,28-25-,29-26-,30-27-,36-34-,45-42-. The first-order chi connectivity index (χ1) is 35.6. The first kappa shape index (κ1) is 68.8. The Balaban J connectivity index is 4.36. The Morgan fingerprint density at radius 1 is 0.319 bits per heavy atom. The summed E-state index contributed by atoms with van der Waals surface area (Å²) in [7, 11) is 0. The van der Waals surface area contributed by atoms with E-state index < -0.39 is 6.10 Å². The van der Waals surface area contributed by atoms with Gasteiger partial charge in [0, 0.05) is 19.4 Å². The maximum Gasteiger partial charge on any atom is 0.306 e. The molecule has 0 aromatic heterocycles. The lowest BCUT2D eigenvalue weighted by atomic mass is 10.1. The van der Waals surface area contributed by atoms with Crippen molar-refractivity contribution in [2.24, 2.45) is 0 Å².